The predicted molar refractivity (Wildman–Crippen MR) is 86.0 cm³/mol. The third kappa shape index (κ3) is 2.83. The predicted octanol–water partition coefficient (Wildman–Crippen LogP) is 2.84. The summed E-state index contributed by atoms with van der Waals surface area (Å²) in [6, 6.07) is 10.1. The molecule has 0 bridgehead atoms. The van der Waals surface area contributed by atoms with Gasteiger partial charge < -0.3 is 4.90 Å². The Balaban J connectivity index is 1.81. The first kappa shape index (κ1) is 14.2. The number of para-hydroxylation sites is 1. The average molecular weight is 301 g/mol. The van der Waals surface area contributed by atoms with Crippen molar-refractivity contribution >= 4 is 17.7 Å². The van der Waals surface area contributed by atoms with Gasteiger partial charge in [0.15, 0.2) is 0 Å². The Morgan fingerprint density at radius 3 is 2.81 bits per heavy atom. The normalized spacial score (nSPS) is 22.3. The third-order valence-electron chi connectivity index (χ3n) is 4.00. The van der Waals surface area contributed by atoms with Crippen molar-refractivity contribution in [2.45, 2.75) is 25.1 Å². The van der Waals surface area contributed by atoms with Crippen LogP contribution >= 0.6 is 11.8 Å². The number of nitrogens with zero attached hydrogens (tertiary/aromatic N) is 3. The Morgan fingerprint density at radius 1 is 1.29 bits per heavy atom. The molecule has 1 aromatic carbocycles. The van der Waals surface area contributed by atoms with Crippen molar-refractivity contribution < 1.29 is 4.79 Å². The van der Waals surface area contributed by atoms with Gasteiger partial charge in [-0.3, -0.25) is 4.79 Å². The molecule has 1 fully saturated rings. The van der Waals surface area contributed by atoms with E-state index in [9.17, 15) is 4.79 Å². The fraction of sp³-hybridized carbons (Fsp3) is 0.375. The largest absolute Gasteiger partial charge is 0.334 e. The van der Waals surface area contributed by atoms with E-state index in [1.807, 2.05) is 53.2 Å². The zero-order chi connectivity index (χ0) is 14.8. The maximum Gasteiger partial charge on any atom is 0.257 e. The molecular formula is C16H19N3OS. The van der Waals surface area contributed by atoms with Gasteiger partial charge in [0.1, 0.15) is 0 Å². The first-order valence-electron chi connectivity index (χ1n) is 7.19. The highest BCUT2D eigenvalue weighted by Gasteiger charge is 2.30. The first-order chi connectivity index (χ1) is 10.2. The summed E-state index contributed by atoms with van der Waals surface area (Å²) >= 11 is 1.93. The zero-order valence-electron chi connectivity index (χ0n) is 12.3. The summed E-state index contributed by atoms with van der Waals surface area (Å²) in [5.41, 5.74) is 1.62. The Hall–Kier alpha value is -1.75. The van der Waals surface area contributed by atoms with Gasteiger partial charge in [-0.05, 0) is 19.1 Å². The quantitative estimate of drug-likeness (QED) is 0.856. The van der Waals surface area contributed by atoms with Crippen LogP contribution in [0.3, 0.4) is 0 Å². The molecule has 3 rings (SSSR count). The fourth-order valence-electron chi connectivity index (χ4n) is 2.54. The van der Waals surface area contributed by atoms with E-state index in [1.54, 1.807) is 10.9 Å². The summed E-state index contributed by atoms with van der Waals surface area (Å²) in [6.45, 7) is 5.12. The van der Waals surface area contributed by atoms with E-state index in [0.717, 1.165) is 18.0 Å². The SMILES string of the molecule is C[C@@H]1SCCN(C(=O)c2cnn(-c3ccccc3)c2)[C@H]1C. The van der Waals surface area contributed by atoms with Gasteiger partial charge in [-0.2, -0.15) is 16.9 Å². The molecule has 1 aliphatic heterocycles. The van der Waals surface area contributed by atoms with Gasteiger partial charge in [-0.25, -0.2) is 4.68 Å². The van der Waals surface area contributed by atoms with E-state index in [1.165, 1.54) is 0 Å². The second-order valence-electron chi connectivity index (χ2n) is 5.32. The molecule has 0 unspecified atom stereocenters. The van der Waals surface area contributed by atoms with Crippen LogP contribution in [0.4, 0.5) is 0 Å². The molecule has 4 nitrogen and oxygen atoms in total. The standard InChI is InChI=1S/C16H19N3OS/c1-12-13(2)21-9-8-18(12)16(20)14-10-17-19(11-14)15-6-4-3-5-7-15/h3-7,10-13H,8-9H2,1-2H3/t12-,13-/m0/s1. The van der Waals surface area contributed by atoms with Gasteiger partial charge in [0.05, 0.1) is 17.4 Å². The molecule has 2 atom stereocenters. The molecule has 110 valence electrons. The average Bonchev–Trinajstić information content (AvgIpc) is 3.00. The number of amides is 1. The number of carbonyl (C=O) groups excluding carboxylic acids is 1. The number of aromatic nitrogens is 2. The van der Waals surface area contributed by atoms with Gasteiger partial charge >= 0.3 is 0 Å². The minimum absolute atomic E-state index is 0.0804. The van der Waals surface area contributed by atoms with Crippen LogP contribution in [-0.4, -0.2) is 44.2 Å². The van der Waals surface area contributed by atoms with Crippen molar-refractivity contribution in [3.63, 3.8) is 0 Å². The molecular weight excluding hydrogens is 282 g/mol. The van der Waals surface area contributed by atoms with Crippen molar-refractivity contribution in [1.29, 1.82) is 0 Å². The zero-order valence-corrected chi connectivity index (χ0v) is 13.1. The number of benzene rings is 1. The molecule has 0 aliphatic carbocycles. The number of thioether (sulfide) groups is 1. The molecule has 1 saturated heterocycles. The topological polar surface area (TPSA) is 38.1 Å². The molecule has 1 amide bonds. The van der Waals surface area contributed by atoms with Crippen molar-refractivity contribution in [1.82, 2.24) is 14.7 Å². The monoisotopic (exact) mass is 301 g/mol. The molecule has 0 spiro atoms. The molecule has 5 heteroatoms. The molecule has 0 N–H and O–H groups in total. The maximum absolute atomic E-state index is 12.7. The van der Waals surface area contributed by atoms with E-state index in [-0.39, 0.29) is 11.9 Å². The smallest absolute Gasteiger partial charge is 0.257 e. The van der Waals surface area contributed by atoms with Crippen LogP contribution in [0.5, 0.6) is 0 Å². The van der Waals surface area contributed by atoms with Gasteiger partial charge in [-0.1, -0.05) is 25.1 Å². The summed E-state index contributed by atoms with van der Waals surface area (Å²) in [4.78, 5) is 14.6. The number of carbonyl (C=O) groups is 1. The van der Waals surface area contributed by atoms with Crippen LogP contribution in [0.15, 0.2) is 42.7 Å². The van der Waals surface area contributed by atoms with Crippen molar-refractivity contribution in [3.8, 4) is 5.69 Å². The van der Waals surface area contributed by atoms with E-state index < -0.39 is 0 Å². The van der Waals surface area contributed by atoms with E-state index in [4.69, 9.17) is 0 Å². The van der Waals surface area contributed by atoms with Crippen LogP contribution < -0.4 is 0 Å². The molecule has 1 aliphatic rings. The van der Waals surface area contributed by atoms with Gasteiger partial charge in [0, 0.05) is 29.8 Å². The Kier molecular flexibility index (Phi) is 4.01. The number of rotatable bonds is 2. The molecule has 2 heterocycles. The van der Waals surface area contributed by atoms with Crippen molar-refractivity contribution in [3.05, 3.63) is 48.3 Å². The van der Waals surface area contributed by atoms with Crippen LogP contribution in [-0.2, 0) is 0 Å². The molecule has 2 aromatic rings. The van der Waals surface area contributed by atoms with Crippen LogP contribution in [0, 0.1) is 0 Å². The Labute approximate surface area is 129 Å². The summed E-state index contributed by atoms with van der Waals surface area (Å²) in [6.07, 6.45) is 3.48. The van der Waals surface area contributed by atoms with Crippen LogP contribution in [0.25, 0.3) is 5.69 Å². The molecule has 0 saturated carbocycles. The van der Waals surface area contributed by atoms with Gasteiger partial charge in [0.2, 0.25) is 0 Å². The van der Waals surface area contributed by atoms with Crippen molar-refractivity contribution in [2.24, 2.45) is 0 Å². The highest BCUT2D eigenvalue weighted by molar-refractivity contribution is 8.00. The van der Waals surface area contributed by atoms with Gasteiger partial charge in [-0.15, -0.1) is 0 Å². The summed E-state index contributed by atoms with van der Waals surface area (Å²) < 4.78 is 1.75. The van der Waals surface area contributed by atoms with Crippen LogP contribution in [0.2, 0.25) is 0 Å². The Bertz CT molecular complexity index is 625. The fourth-order valence-corrected chi connectivity index (χ4v) is 3.64. The van der Waals surface area contributed by atoms with E-state index in [0.29, 0.717) is 10.8 Å². The van der Waals surface area contributed by atoms with Crippen molar-refractivity contribution in [2.75, 3.05) is 12.3 Å². The van der Waals surface area contributed by atoms with Gasteiger partial charge in [0.25, 0.3) is 5.91 Å². The summed E-state index contributed by atoms with van der Waals surface area (Å²) in [7, 11) is 0. The second kappa shape index (κ2) is 5.93. The molecule has 21 heavy (non-hydrogen) atoms. The third-order valence-corrected chi connectivity index (χ3v) is 5.33. The summed E-state index contributed by atoms with van der Waals surface area (Å²) in [5, 5.41) is 4.79. The highest BCUT2D eigenvalue weighted by Crippen LogP contribution is 2.25. The first-order valence-corrected chi connectivity index (χ1v) is 8.24. The lowest BCUT2D eigenvalue weighted by Crippen LogP contribution is -2.47. The Morgan fingerprint density at radius 2 is 2.05 bits per heavy atom. The minimum Gasteiger partial charge on any atom is -0.334 e. The molecule has 0 radical (unpaired) electrons. The highest BCUT2D eigenvalue weighted by atomic mass is 32.2. The van der Waals surface area contributed by atoms with E-state index >= 15 is 0 Å². The lowest BCUT2D eigenvalue weighted by Gasteiger charge is -2.37. The molecule has 1 aromatic heterocycles. The maximum atomic E-state index is 12.7. The van der Waals surface area contributed by atoms with E-state index in [2.05, 4.69) is 18.9 Å². The summed E-state index contributed by atoms with van der Waals surface area (Å²) in [5.74, 6) is 1.08. The van der Waals surface area contributed by atoms with Crippen LogP contribution in [0.1, 0.15) is 24.2 Å². The number of hydrogen-bond donors (Lipinski definition) is 0. The lowest BCUT2D eigenvalue weighted by atomic mass is 10.2. The number of hydrogen-bond acceptors (Lipinski definition) is 3. The second-order valence-corrected chi connectivity index (χ2v) is 6.81. The minimum atomic E-state index is 0.0804. The lowest BCUT2D eigenvalue weighted by molar-refractivity contribution is 0.0698.